The lowest BCUT2D eigenvalue weighted by Crippen LogP contribution is -2.41. The van der Waals surface area contributed by atoms with E-state index in [2.05, 4.69) is 5.32 Å². The molecule has 8 heteroatoms. The average molecular weight is 485 g/mol. The fraction of sp³-hybridized carbons (Fsp3) is 0.385. The molecule has 180 valence electrons. The number of nitrogens with one attached hydrogen (secondary N) is 1. The lowest BCUT2D eigenvalue weighted by Gasteiger charge is -2.31. The Morgan fingerprint density at radius 3 is 2.18 bits per heavy atom. The molecule has 2 aromatic rings. The molecule has 1 saturated heterocycles. The minimum atomic E-state index is -0.929. The number of carbonyl (C=O) groups is 4. The van der Waals surface area contributed by atoms with Crippen LogP contribution in [0.5, 0.6) is 0 Å². The first-order chi connectivity index (χ1) is 16.3. The predicted molar refractivity (Wildman–Crippen MR) is 130 cm³/mol. The summed E-state index contributed by atoms with van der Waals surface area (Å²) >= 11 is 5.88. The van der Waals surface area contributed by atoms with Gasteiger partial charge in [-0.3, -0.25) is 19.2 Å². The highest BCUT2D eigenvalue weighted by atomic mass is 35.5. The second-order valence-corrected chi connectivity index (χ2v) is 8.83. The number of hydrogen-bond donors (Lipinski definition) is 1. The van der Waals surface area contributed by atoms with Gasteiger partial charge in [-0.2, -0.15) is 0 Å². The number of esters is 1. The number of halogens is 1. The summed E-state index contributed by atoms with van der Waals surface area (Å²) in [5.74, 6) is -1.27. The molecular weight excluding hydrogens is 456 g/mol. The van der Waals surface area contributed by atoms with Gasteiger partial charge in [0.2, 0.25) is 11.7 Å². The van der Waals surface area contributed by atoms with Gasteiger partial charge >= 0.3 is 5.97 Å². The van der Waals surface area contributed by atoms with E-state index in [9.17, 15) is 19.2 Å². The molecule has 3 rings (SSSR count). The number of amides is 2. The number of piperidine rings is 1. The molecule has 2 aromatic carbocycles. The van der Waals surface area contributed by atoms with Crippen LogP contribution >= 0.6 is 11.6 Å². The Hall–Kier alpha value is -3.19. The van der Waals surface area contributed by atoms with Crippen LogP contribution in [0, 0.1) is 5.92 Å². The van der Waals surface area contributed by atoms with Crippen LogP contribution in [0.2, 0.25) is 5.02 Å². The second kappa shape index (κ2) is 11.8. The van der Waals surface area contributed by atoms with Crippen molar-refractivity contribution in [2.24, 2.45) is 5.92 Å². The molecule has 1 unspecified atom stereocenters. The van der Waals surface area contributed by atoms with Crippen molar-refractivity contribution in [3.63, 3.8) is 0 Å². The smallest absolute Gasteiger partial charge is 0.309 e. The van der Waals surface area contributed by atoms with Crippen molar-refractivity contribution in [2.75, 3.05) is 18.4 Å². The lowest BCUT2D eigenvalue weighted by atomic mass is 9.96. The Kier molecular flexibility index (Phi) is 8.82. The molecule has 1 aliphatic heterocycles. The summed E-state index contributed by atoms with van der Waals surface area (Å²) in [4.78, 5) is 51.3. The van der Waals surface area contributed by atoms with E-state index in [1.165, 1.54) is 0 Å². The van der Waals surface area contributed by atoms with E-state index in [-0.39, 0.29) is 23.5 Å². The van der Waals surface area contributed by atoms with E-state index in [0.29, 0.717) is 54.2 Å². The Balaban J connectivity index is 1.49. The Labute approximate surface area is 204 Å². The molecular formula is C26H29ClN2O5. The first-order valence-corrected chi connectivity index (χ1v) is 11.9. The third kappa shape index (κ3) is 6.67. The highest BCUT2D eigenvalue weighted by molar-refractivity contribution is 6.30. The van der Waals surface area contributed by atoms with Gasteiger partial charge in [-0.1, -0.05) is 18.5 Å². The van der Waals surface area contributed by atoms with E-state index in [4.69, 9.17) is 16.3 Å². The van der Waals surface area contributed by atoms with Crippen LogP contribution in [0.1, 0.15) is 60.2 Å². The largest absolute Gasteiger partial charge is 0.454 e. The fourth-order valence-electron chi connectivity index (χ4n) is 3.82. The third-order valence-electron chi connectivity index (χ3n) is 5.80. The number of ether oxygens (including phenoxy) is 1. The van der Waals surface area contributed by atoms with Crippen LogP contribution in [0.3, 0.4) is 0 Å². The molecule has 34 heavy (non-hydrogen) atoms. The summed E-state index contributed by atoms with van der Waals surface area (Å²) < 4.78 is 5.45. The monoisotopic (exact) mass is 484 g/mol. The van der Waals surface area contributed by atoms with E-state index in [1.807, 2.05) is 6.92 Å². The molecule has 1 N–H and O–H groups in total. The lowest BCUT2D eigenvalue weighted by molar-refractivity contribution is -0.152. The fourth-order valence-corrected chi connectivity index (χ4v) is 3.95. The van der Waals surface area contributed by atoms with Crippen LogP contribution in [0.25, 0.3) is 0 Å². The molecule has 0 radical (unpaired) electrons. The SMILES string of the molecule is CCCC(=O)Nc1ccc(C(=O)C(C)OC(=O)C2CCN(C(=O)c3ccc(Cl)cc3)CC2)cc1. The Bertz CT molecular complexity index is 1030. The minimum Gasteiger partial charge on any atom is -0.454 e. The molecule has 1 fully saturated rings. The summed E-state index contributed by atoms with van der Waals surface area (Å²) in [6.07, 6.45) is 1.21. The van der Waals surface area contributed by atoms with Gasteiger partial charge in [0.25, 0.3) is 5.91 Å². The van der Waals surface area contributed by atoms with E-state index >= 15 is 0 Å². The van der Waals surface area contributed by atoms with Gasteiger partial charge in [0.15, 0.2) is 6.10 Å². The maximum atomic E-state index is 12.7. The van der Waals surface area contributed by atoms with Crippen molar-refractivity contribution in [2.45, 2.75) is 45.6 Å². The summed E-state index contributed by atoms with van der Waals surface area (Å²) in [5, 5.41) is 3.33. The summed E-state index contributed by atoms with van der Waals surface area (Å²) in [6, 6.07) is 13.2. The number of ketones is 1. The maximum absolute atomic E-state index is 12.7. The minimum absolute atomic E-state index is 0.0789. The highest BCUT2D eigenvalue weighted by Gasteiger charge is 2.31. The van der Waals surface area contributed by atoms with Crippen LogP contribution in [-0.4, -0.2) is 47.7 Å². The van der Waals surface area contributed by atoms with Crippen molar-refractivity contribution in [1.29, 1.82) is 0 Å². The Morgan fingerprint density at radius 1 is 1.00 bits per heavy atom. The van der Waals surface area contributed by atoms with E-state index in [1.54, 1.807) is 60.4 Å². The number of nitrogens with zero attached hydrogens (tertiary/aromatic N) is 1. The van der Waals surface area contributed by atoms with E-state index in [0.717, 1.165) is 6.42 Å². The maximum Gasteiger partial charge on any atom is 0.309 e. The van der Waals surface area contributed by atoms with Crippen LogP contribution in [-0.2, 0) is 14.3 Å². The van der Waals surface area contributed by atoms with Gasteiger partial charge in [0.1, 0.15) is 0 Å². The van der Waals surface area contributed by atoms with Gasteiger partial charge in [-0.15, -0.1) is 0 Å². The zero-order valence-electron chi connectivity index (χ0n) is 19.4. The molecule has 2 amide bonds. The summed E-state index contributed by atoms with van der Waals surface area (Å²) in [5.41, 5.74) is 1.57. The van der Waals surface area contributed by atoms with E-state index < -0.39 is 12.1 Å². The van der Waals surface area contributed by atoms with Crippen LogP contribution in [0.4, 0.5) is 5.69 Å². The third-order valence-corrected chi connectivity index (χ3v) is 6.05. The number of hydrogen-bond acceptors (Lipinski definition) is 5. The first-order valence-electron chi connectivity index (χ1n) is 11.5. The zero-order chi connectivity index (χ0) is 24.7. The van der Waals surface area contributed by atoms with Gasteiger partial charge in [-0.05, 0) is 74.7 Å². The highest BCUT2D eigenvalue weighted by Crippen LogP contribution is 2.22. The summed E-state index contributed by atoms with van der Waals surface area (Å²) in [7, 11) is 0. The molecule has 1 atom stereocenters. The normalized spacial score (nSPS) is 14.9. The van der Waals surface area contributed by atoms with Crippen molar-refractivity contribution >= 4 is 40.9 Å². The zero-order valence-corrected chi connectivity index (χ0v) is 20.1. The molecule has 1 heterocycles. The quantitative estimate of drug-likeness (QED) is 0.431. The first kappa shape index (κ1) is 25.4. The second-order valence-electron chi connectivity index (χ2n) is 8.39. The molecule has 1 aliphatic rings. The van der Waals surface area contributed by atoms with Crippen LogP contribution in [0.15, 0.2) is 48.5 Å². The van der Waals surface area contributed by atoms with Crippen molar-refractivity contribution in [3.05, 3.63) is 64.7 Å². The number of rotatable bonds is 8. The standard InChI is InChI=1S/C26H29ClN2O5/c1-3-4-23(30)28-22-11-7-18(8-12-22)24(31)17(2)34-26(33)20-13-15-29(16-14-20)25(32)19-5-9-21(27)10-6-19/h5-12,17,20H,3-4,13-16H2,1-2H3,(H,28,30). The number of Topliss-reactive ketones (excluding diaryl/α,β-unsaturated/α-hetero) is 1. The van der Waals surface area contributed by atoms with Gasteiger partial charge in [0, 0.05) is 41.3 Å². The molecule has 7 nitrogen and oxygen atoms in total. The number of benzene rings is 2. The number of carbonyl (C=O) groups excluding carboxylic acids is 4. The topological polar surface area (TPSA) is 92.8 Å². The number of likely N-dealkylation sites (tertiary alicyclic amines) is 1. The average Bonchev–Trinajstić information content (AvgIpc) is 2.84. The predicted octanol–water partition coefficient (Wildman–Crippen LogP) is 4.75. The Morgan fingerprint density at radius 2 is 1.59 bits per heavy atom. The van der Waals surface area contributed by atoms with Crippen molar-refractivity contribution in [1.82, 2.24) is 4.90 Å². The van der Waals surface area contributed by atoms with Gasteiger partial charge in [0.05, 0.1) is 5.92 Å². The van der Waals surface area contributed by atoms with Gasteiger partial charge in [-0.25, -0.2) is 0 Å². The summed E-state index contributed by atoms with van der Waals surface area (Å²) in [6.45, 7) is 4.36. The van der Waals surface area contributed by atoms with Gasteiger partial charge < -0.3 is 15.0 Å². The molecule has 0 saturated carbocycles. The molecule has 0 aliphatic carbocycles. The molecule has 0 bridgehead atoms. The van der Waals surface area contributed by atoms with Crippen molar-refractivity contribution < 1.29 is 23.9 Å². The molecule has 0 spiro atoms. The van der Waals surface area contributed by atoms with Crippen LogP contribution < -0.4 is 5.32 Å². The number of anilines is 1. The van der Waals surface area contributed by atoms with Crippen molar-refractivity contribution in [3.8, 4) is 0 Å². The molecule has 0 aromatic heterocycles.